The van der Waals surface area contributed by atoms with Gasteiger partial charge in [-0.25, -0.2) is 4.79 Å². The van der Waals surface area contributed by atoms with E-state index in [2.05, 4.69) is 10.3 Å². The molecule has 1 unspecified atom stereocenters. The number of fused-ring (bicyclic) bond motifs is 1. The van der Waals surface area contributed by atoms with Crippen molar-refractivity contribution < 1.29 is 23.5 Å². The number of hydrogen-bond acceptors (Lipinski definition) is 5. The van der Waals surface area contributed by atoms with Gasteiger partial charge in [-0.2, -0.15) is 0 Å². The minimum atomic E-state index is -0.473. The number of carbonyl (C=O) groups excluding carboxylic acids is 2. The fourth-order valence-electron chi connectivity index (χ4n) is 3.26. The van der Waals surface area contributed by atoms with Gasteiger partial charge in [0.1, 0.15) is 11.5 Å². The molecule has 0 aliphatic carbocycles. The van der Waals surface area contributed by atoms with E-state index in [1.54, 1.807) is 13.8 Å². The summed E-state index contributed by atoms with van der Waals surface area (Å²) in [6.45, 7) is 7.73. The lowest BCUT2D eigenvalue weighted by molar-refractivity contribution is 0.0599. The monoisotopic (exact) mass is 384 g/mol. The summed E-state index contributed by atoms with van der Waals surface area (Å²) >= 11 is 0. The van der Waals surface area contributed by atoms with Gasteiger partial charge in [-0.05, 0) is 45.4 Å². The lowest BCUT2D eigenvalue weighted by atomic mass is 10.1. The number of carbonyl (C=O) groups is 2. The molecule has 7 nitrogen and oxygen atoms in total. The summed E-state index contributed by atoms with van der Waals surface area (Å²) in [7, 11) is 1.31. The van der Waals surface area contributed by atoms with Crippen molar-refractivity contribution in [2.45, 2.75) is 33.7 Å². The number of aryl methyl sites for hydroxylation is 1. The molecule has 1 amide bonds. The van der Waals surface area contributed by atoms with Crippen LogP contribution >= 0.6 is 0 Å². The van der Waals surface area contributed by atoms with Crippen LogP contribution in [0.1, 0.15) is 57.8 Å². The van der Waals surface area contributed by atoms with E-state index in [1.807, 2.05) is 38.1 Å². The normalized spacial score (nSPS) is 12.0. The number of ether oxygens (including phenoxy) is 2. The predicted octanol–water partition coefficient (Wildman–Crippen LogP) is 4.05. The summed E-state index contributed by atoms with van der Waals surface area (Å²) in [6, 6.07) is 7.19. The molecule has 1 atom stereocenters. The fraction of sp³-hybridized carbons (Fsp3) is 0.333. The number of H-pyrrole nitrogens is 1. The summed E-state index contributed by atoms with van der Waals surface area (Å²) < 4.78 is 16.3. The third-order valence-corrected chi connectivity index (χ3v) is 4.66. The zero-order valence-electron chi connectivity index (χ0n) is 16.6. The Morgan fingerprint density at radius 2 is 2.04 bits per heavy atom. The molecule has 28 heavy (non-hydrogen) atoms. The highest BCUT2D eigenvalue weighted by molar-refractivity contribution is 6.00. The minimum absolute atomic E-state index is 0.325. The Balaban J connectivity index is 1.84. The van der Waals surface area contributed by atoms with E-state index in [0.29, 0.717) is 46.2 Å². The number of esters is 1. The van der Waals surface area contributed by atoms with Crippen molar-refractivity contribution in [1.29, 1.82) is 0 Å². The van der Waals surface area contributed by atoms with Crippen LogP contribution < -0.4 is 10.1 Å². The van der Waals surface area contributed by atoms with Gasteiger partial charge in [0.25, 0.3) is 5.91 Å². The summed E-state index contributed by atoms with van der Waals surface area (Å²) in [6.07, 6.45) is 0. The molecular weight excluding hydrogens is 360 g/mol. The van der Waals surface area contributed by atoms with E-state index in [0.717, 1.165) is 5.39 Å². The summed E-state index contributed by atoms with van der Waals surface area (Å²) in [5.74, 6) is 0.487. The van der Waals surface area contributed by atoms with Gasteiger partial charge in [0.05, 0.1) is 25.3 Å². The molecule has 7 heteroatoms. The SMILES string of the molecule is CCOc1cccc2cc(C(C)NC(=O)c3[nH]c(C)c(C(=O)OC)c3C)oc12. The molecule has 2 N–H and O–H groups in total. The summed E-state index contributed by atoms with van der Waals surface area (Å²) in [5, 5.41) is 3.81. The molecule has 0 saturated heterocycles. The highest BCUT2D eigenvalue weighted by Gasteiger charge is 2.24. The van der Waals surface area contributed by atoms with E-state index >= 15 is 0 Å². The molecule has 148 valence electrons. The largest absolute Gasteiger partial charge is 0.490 e. The number of methoxy groups -OCH3 is 1. The number of para-hydroxylation sites is 1. The molecule has 0 aliphatic heterocycles. The third-order valence-electron chi connectivity index (χ3n) is 4.66. The molecule has 0 aliphatic rings. The number of aromatic amines is 1. The Hall–Kier alpha value is -3.22. The van der Waals surface area contributed by atoms with Crippen molar-refractivity contribution in [3.05, 3.63) is 52.5 Å². The van der Waals surface area contributed by atoms with Crippen LogP contribution in [0, 0.1) is 13.8 Å². The zero-order chi connectivity index (χ0) is 20.4. The molecule has 2 heterocycles. The Bertz CT molecular complexity index is 1030. The van der Waals surface area contributed by atoms with E-state index in [1.165, 1.54) is 7.11 Å². The molecule has 0 bridgehead atoms. The van der Waals surface area contributed by atoms with Crippen molar-refractivity contribution in [3.8, 4) is 5.75 Å². The van der Waals surface area contributed by atoms with Crippen LogP contribution in [0.4, 0.5) is 0 Å². The minimum Gasteiger partial charge on any atom is -0.490 e. The Morgan fingerprint density at radius 3 is 2.71 bits per heavy atom. The van der Waals surface area contributed by atoms with Gasteiger partial charge in [-0.15, -0.1) is 0 Å². The molecule has 0 saturated carbocycles. The maximum absolute atomic E-state index is 12.7. The summed E-state index contributed by atoms with van der Waals surface area (Å²) in [5.41, 5.74) is 2.51. The fourth-order valence-corrected chi connectivity index (χ4v) is 3.26. The summed E-state index contributed by atoms with van der Waals surface area (Å²) in [4.78, 5) is 27.6. The number of rotatable bonds is 6. The van der Waals surface area contributed by atoms with Crippen molar-refractivity contribution in [2.24, 2.45) is 0 Å². The van der Waals surface area contributed by atoms with E-state index < -0.39 is 5.97 Å². The maximum atomic E-state index is 12.7. The van der Waals surface area contributed by atoms with Gasteiger partial charge < -0.3 is 24.2 Å². The van der Waals surface area contributed by atoms with Crippen LogP contribution in [-0.4, -0.2) is 30.6 Å². The lowest BCUT2D eigenvalue weighted by Crippen LogP contribution is -2.27. The first-order valence-electron chi connectivity index (χ1n) is 9.10. The van der Waals surface area contributed by atoms with Crippen LogP contribution in [0.2, 0.25) is 0 Å². The average Bonchev–Trinajstić information content (AvgIpc) is 3.23. The number of nitrogens with one attached hydrogen (secondary N) is 2. The highest BCUT2D eigenvalue weighted by atomic mass is 16.5. The maximum Gasteiger partial charge on any atom is 0.339 e. The van der Waals surface area contributed by atoms with Crippen LogP contribution in [0.25, 0.3) is 11.0 Å². The lowest BCUT2D eigenvalue weighted by Gasteiger charge is -2.11. The standard InChI is InChI=1S/C21H24N2O5/c1-6-27-15-9-7-8-14-10-16(28-19(14)15)12(3)23-20(24)18-11(2)17(13(4)22-18)21(25)26-5/h7-10,12,22H,6H2,1-5H3,(H,23,24). The van der Waals surface area contributed by atoms with Gasteiger partial charge in [-0.1, -0.05) is 12.1 Å². The first kappa shape index (κ1) is 19.5. The van der Waals surface area contributed by atoms with Gasteiger partial charge in [0, 0.05) is 11.1 Å². The smallest absolute Gasteiger partial charge is 0.339 e. The first-order valence-corrected chi connectivity index (χ1v) is 9.10. The number of hydrogen-bond donors (Lipinski definition) is 2. The number of amides is 1. The zero-order valence-corrected chi connectivity index (χ0v) is 16.6. The van der Waals surface area contributed by atoms with Crippen molar-refractivity contribution in [2.75, 3.05) is 13.7 Å². The number of aromatic nitrogens is 1. The average molecular weight is 384 g/mol. The van der Waals surface area contributed by atoms with E-state index in [4.69, 9.17) is 13.9 Å². The molecule has 0 spiro atoms. The van der Waals surface area contributed by atoms with Gasteiger partial charge in [-0.3, -0.25) is 4.79 Å². The second kappa shape index (κ2) is 7.80. The molecule has 3 aromatic rings. The Morgan fingerprint density at radius 1 is 1.29 bits per heavy atom. The number of furan rings is 1. The Kier molecular flexibility index (Phi) is 5.44. The topological polar surface area (TPSA) is 93.6 Å². The second-order valence-electron chi connectivity index (χ2n) is 6.57. The van der Waals surface area contributed by atoms with Gasteiger partial charge in [0.2, 0.25) is 0 Å². The predicted molar refractivity (Wildman–Crippen MR) is 105 cm³/mol. The van der Waals surface area contributed by atoms with E-state index in [-0.39, 0.29) is 11.9 Å². The molecule has 0 fully saturated rings. The van der Waals surface area contributed by atoms with Crippen molar-refractivity contribution in [1.82, 2.24) is 10.3 Å². The van der Waals surface area contributed by atoms with Crippen LogP contribution in [-0.2, 0) is 4.74 Å². The third kappa shape index (κ3) is 3.47. The molecular formula is C21H24N2O5. The van der Waals surface area contributed by atoms with Crippen molar-refractivity contribution >= 4 is 22.8 Å². The first-order chi connectivity index (χ1) is 13.4. The van der Waals surface area contributed by atoms with Gasteiger partial charge in [0.15, 0.2) is 11.3 Å². The number of benzene rings is 1. The van der Waals surface area contributed by atoms with E-state index in [9.17, 15) is 9.59 Å². The van der Waals surface area contributed by atoms with Crippen LogP contribution in [0.5, 0.6) is 5.75 Å². The quantitative estimate of drug-likeness (QED) is 0.625. The highest BCUT2D eigenvalue weighted by Crippen LogP contribution is 2.31. The molecule has 0 radical (unpaired) electrons. The molecule has 2 aromatic heterocycles. The second-order valence-corrected chi connectivity index (χ2v) is 6.57. The Labute approximate surface area is 163 Å². The van der Waals surface area contributed by atoms with Crippen LogP contribution in [0.15, 0.2) is 28.7 Å². The molecule has 3 rings (SSSR count). The van der Waals surface area contributed by atoms with Crippen molar-refractivity contribution in [3.63, 3.8) is 0 Å². The van der Waals surface area contributed by atoms with Gasteiger partial charge >= 0.3 is 5.97 Å². The van der Waals surface area contributed by atoms with Crippen LogP contribution in [0.3, 0.4) is 0 Å². The molecule has 1 aromatic carbocycles.